The number of ether oxygens (including phenoxy) is 1. The molecule has 4 heterocycles. The lowest BCUT2D eigenvalue weighted by Crippen LogP contribution is -2.32. The molecular weight excluding hydrogens is 425 g/mol. The summed E-state index contributed by atoms with van der Waals surface area (Å²) in [4.78, 5) is 31.8. The molecule has 2 aliphatic heterocycles. The van der Waals surface area contributed by atoms with Gasteiger partial charge in [0.15, 0.2) is 5.82 Å². The molecule has 2 fully saturated rings. The number of nitrogens with one attached hydrogen (secondary N) is 1. The van der Waals surface area contributed by atoms with E-state index in [1.54, 1.807) is 29.9 Å². The lowest BCUT2D eigenvalue weighted by Gasteiger charge is -2.18. The van der Waals surface area contributed by atoms with Gasteiger partial charge in [0.05, 0.1) is 24.8 Å². The summed E-state index contributed by atoms with van der Waals surface area (Å²) in [5, 5.41) is 14.2. The Labute approximate surface area is 173 Å². The van der Waals surface area contributed by atoms with E-state index in [0.29, 0.717) is 12.4 Å². The number of carboxylic acid groups (broad SMARTS) is 1. The zero-order valence-electron chi connectivity index (χ0n) is 15.6. The SMILES string of the molecule is O=C(Nc1cnccn1)[C@H]1CO[C@@H]2CN(Cc3ccsc3)C[C@H]12.O=C(O)C(F)(F)F. The monoisotopic (exact) mass is 444 g/mol. The fourth-order valence-electron chi connectivity index (χ4n) is 3.42. The molecule has 0 aromatic carbocycles. The summed E-state index contributed by atoms with van der Waals surface area (Å²) in [7, 11) is 0. The number of anilines is 1. The van der Waals surface area contributed by atoms with Crippen LogP contribution < -0.4 is 5.32 Å². The van der Waals surface area contributed by atoms with Crippen LogP contribution in [0.4, 0.5) is 19.0 Å². The van der Waals surface area contributed by atoms with E-state index in [1.807, 2.05) is 0 Å². The van der Waals surface area contributed by atoms with Crippen molar-refractivity contribution in [1.82, 2.24) is 14.9 Å². The molecule has 0 saturated carbocycles. The molecule has 2 aromatic heterocycles. The maximum atomic E-state index is 12.5. The van der Waals surface area contributed by atoms with Crippen molar-refractivity contribution in [3.05, 3.63) is 41.0 Å². The minimum absolute atomic E-state index is 0.0182. The zero-order chi connectivity index (χ0) is 21.7. The Morgan fingerprint density at radius 3 is 2.70 bits per heavy atom. The summed E-state index contributed by atoms with van der Waals surface area (Å²) in [5.41, 5.74) is 1.33. The van der Waals surface area contributed by atoms with Gasteiger partial charge in [-0.2, -0.15) is 24.5 Å². The number of hydrogen-bond donors (Lipinski definition) is 2. The van der Waals surface area contributed by atoms with E-state index in [9.17, 15) is 18.0 Å². The molecule has 2 saturated heterocycles. The number of fused-ring (bicyclic) bond motifs is 1. The van der Waals surface area contributed by atoms with Crippen LogP contribution in [-0.4, -0.2) is 63.8 Å². The summed E-state index contributed by atoms with van der Waals surface area (Å²) >= 11 is 1.72. The number of amides is 1. The van der Waals surface area contributed by atoms with E-state index in [1.165, 1.54) is 5.56 Å². The molecule has 0 aliphatic carbocycles. The molecule has 30 heavy (non-hydrogen) atoms. The Balaban J connectivity index is 0.000000318. The van der Waals surface area contributed by atoms with E-state index >= 15 is 0 Å². The van der Waals surface area contributed by atoms with Gasteiger partial charge in [0, 0.05) is 37.9 Å². The summed E-state index contributed by atoms with van der Waals surface area (Å²) in [6, 6.07) is 2.15. The van der Waals surface area contributed by atoms with Gasteiger partial charge in [-0.3, -0.25) is 14.7 Å². The fraction of sp³-hybridized carbons (Fsp3) is 0.444. The number of rotatable bonds is 4. The summed E-state index contributed by atoms with van der Waals surface area (Å²) in [5.74, 6) is -2.14. The highest BCUT2D eigenvalue weighted by atomic mass is 32.1. The number of aromatic nitrogens is 2. The molecule has 2 N–H and O–H groups in total. The van der Waals surface area contributed by atoms with Gasteiger partial charge in [0.1, 0.15) is 0 Å². The highest BCUT2D eigenvalue weighted by Crippen LogP contribution is 2.35. The number of carbonyl (C=O) groups is 2. The Kier molecular flexibility index (Phi) is 7.00. The minimum atomic E-state index is -5.08. The smallest absolute Gasteiger partial charge is 0.475 e. The van der Waals surface area contributed by atoms with Crippen LogP contribution in [0.15, 0.2) is 35.4 Å². The number of hydrogen-bond acceptors (Lipinski definition) is 7. The molecule has 0 radical (unpaired) electrons. The molecule has 3 atom stereocenters. The van der Waals surface area contributed by atoms with Crippen molar-refractivity contribution in [3.8, 4) is 0 Å². The van der Waals surface area contributed by atoms with Crippen molar-refractivity contribution in [3.63, 3.8) is 0 Å². The van der Waals surface area contributed by atoms with Gasteiger partial charge in [0.25, 0.3) is 0 Å². The first-order valence-corrected chi connectivity index (χ1v) is 9.90. The number of carbonyl (C=O) groups excluding carboxylic acids is 1. The van der Waals surface area contributed by atoms with Crippen LogP contribution in [-0.2, 0) is 20.9 Å². The molecule has 162 valence electrons. The van der Waals surface area contributed by atoms with Crippen molar-refractivity contribution in [2.75, 3.05) is 25.0 Å². The van der Waals surface area contributed by atoms with E-state index in [2.05, 4.69) is 37.0 Å². The largest absolute Gasteiger partial charge is 0.490 e. The van der Waals surface area contributed by atoms with E-state index in [-0.39, 0.29) is 23.8 Å². The molecule has 0 bridgehead atoms. The Hall–Kier alpha value is -2.57. The molecule has 2 aromatic rings. The van der Waals surface area contributed by atoms with E-state index in [0.717, 1.165) is 19.6 Å². The quantitative estimate of drug-likeness (QED) is 0.745. The van der Waals surface area contributed by atoms with Crippen LogP contribution in [0.5, 0.6) is 0 Å². The fourth-order valence-corrected chi connectivity index (χ4v) is 4.08. The van der Waals surface area contributed by atoms with Crippen LogP contribution in [0, 0.1) is 11.8 Å². The van der Waals surface area contributed by atoms with Crippen LogP contribution in [0.3, 0.4) is 0 Å². The van der Waals surface area contributed by atoms with Gasteiger partial charge in [-0.1, -0.05) is 0 Å². The van der Waals surface area contributed by atoms with Gasteiger partial charge in [-0.05, 0) is 22.4 Å². The minimum Gasteiger partial charge on any atom is -0.475 e. The average molecular weight is 444 g/mol. The topological polar surface area (TPSA) is 105 Å². The lowest BCUT2D eigenvalue weighted by atomic mass is 9.92. The maximum absolute atomic E-state index is 12.5. The molecule has 1 amide bonds. The lowest BCUT2D eigenvalue weighted by molar-refractivity contribution is -0.192. The van der Waals surface area contributed by atoms with Crippen molar-refractivity contribution in [2.45, 2.75) is 18.8 Å². The van der Waals surface area contributed by atoms with Crippen LogP contribution in [0.1, 0.15) is 5.56 Å². The molecule has 0 spiro atoms. The van der Waals surface area contributed by atoms with Crippen molar-refractivity contribution in [1.29, 1.82) is 0 Å². The third-order valence-electron chi connectivity index (χ3n) is 4.77. The Morgan fingerprint density at radius 1 is 1.33 bits per heavy atom. The van der Waals surface area contributed by atoms with E-state index < -0.39 is 12.1 Å². The number of thiophene rings is 1. The van der Waals surface area contributed by atoms with Crippen LogP contribution in [0.25, 0.3) is 0 Å². The Bertz CT molecular complexity index is 851. The highest BCUT2D eigenvalue weighted by Gasteiger charge is 2.46. The predicted molar refractivity (Wildman–Crippen MR) is 101 cm³/mol. The Morgan fingerprint density at radius 2 is 2.10 bits per heavy atom. The third kappa shape index (κ3) is 5.74. The normalized spacial score (nSPS) is 23.4. The first kappa shape index (κ1) is 22.1. The summed E-state index contributed by atoms with van der Waals surface area (Å²) in [6.07, 6.45) is -0.208. The number of likely N-dealkylation sites (tertiary alicyclic amines) is 1. The number of nitrogens with zero attached hydrogens (tertiary/aromatic N) is 3. The van der Waals surface area contributed by atoms with Gasteiger partial charge in [-0.25, -0.2) is 9.78 Å². The van der Waals surface area contributed by atoms with Gasteiger partial charge >= 0.3 is 12.1 Å². The molecule has 12 heteroatoms. The average Bonchev–Trinajstić information content (AvgIpc) is 3.40. The third-order valence-corrected chi connectivity index (χ3v) is 5.50. The second kappa shape index (κ2) is 9.49. The highest BCUT2D eigenvalue weighted by molar-refractivity contribution is 7.07. The number of carboxylic acids is 1. The first-order valence-electron chi connectivity index (χ1n) is 8.96. The van der Waals surface area contributed by atoms with Gasteiger partial charge < -0.3 is 15.2 Å². The number of halogens is 3. The van der Waals surface area contributed by atoms with Crippen LogP contribution >= 0.6 is 11.3 Å². The van der Waals surface area contributed by atoms with Crippen LogP contribution in [0.2, 0.25) is 0 Å². The molecule has 8 nitrogen and oxygen atoms in total. The second-order valence-electron chi connectivity index (χ2n) is 6.85. The maximum Gasteiger partial charge on any atom is 0.490 e. The predicted octanol–water partition coefficient (Wildman–Crippen LogP) is 2.26. The standard InChI is InChI=1S/C16H18N4O2S.C2HF3O2/c21-16(19-15-5-17-2-3-18-15)13-9-22-14-8-20(7-12(13)14)6-11-1-4-23-10-11;3-2(4,5)1(6)7/h1-5,10,12-14H,6-9H2,(H,18,19,21);(H,6,7)/t12-,13+,14-;/m1./s1. The van der Waals surface area contributed by atoms with Crippen molar-refractivity contribution in [2.24, 2.45) is 11.8 Å². The van der Waals surface area contributed by atoms with Gasteiger partial charge in [0.2, 0.25) is 5.91 Å². The number of alkyl halides is 3. The van der Waals surface area contributed by atoms with E-state index in [4.69, 9.17) is 14.6 Å². The summed E-state index contributed by atoms with van der Waals surface area (Å²) in [6.45, 7) is 3.22. The molecular formula is C18H19F3N4O4S. The molecule has 2 aliphatic rings. The molecule has 4 rings (SSSR count). The summed E-state index contributed by atoms with van der Waals surface area (Å²) < 4.78 is 37.6. The van der Waals surface area contributed by atoms with Gasteiger partial charge in [-0.15, -0.1) is 0 Å². The van der Waals surface area contributed by atoms with Crippen molar-refractivity contribution >= 4 is 29.0 Å². The zero-order valence-corrected chi connectivity index (χ0v) is 16.4. The van der Waals surface area contributed by atoms with Crippen molar-refractivity contribution < 1.29 is 32.6 Å². The number of aliphatic carboxylic acids is 1. The first-order chi connectivity index (χ1) is 14.2. The second-order valence-corrected chi connectivity index (χ2v) is 7.63. The molecule has 0 unspecified atom stereocenters.